The number of rotatable bonds is 6. The minimum atomic E-state index is -1.15. The fourth-order valence-electron chi connectivity index (χ4n) is 1.40. The summed E-state index contributed by atoms with van der Waals surface area (Å²) in [5, 5.41) is 20.5. The van der Waals surface area contributed by atoms with E-state index in [1.165, 1.54) is 0 Å². The van der Waals surface area contributed by atoms with Gasteiger partial charge in [0.05, 0.1) is 5.69 Å². The number of aliphatic carboxylic acids is 2. The van der Waals surface area contributed by atoms with Crippen LogP contribution in [-0.2, 0) is 22.4 Å². The lowest BCUT2D eigenvalue weighted by Gasteiger charge is -2.04. The van der Waals surface area contributed by atoms with Crippen molar-refractivity contribution in [2.75, 3.05) is 5.73 Å². The lowest BCUT2D eigenvalue weighted by atomic mass is 10.1. The summed E-state index contributed by atoms with van der Waals surface area (Å²) in [6.07, 6.45) is 1.88. The average molecular weight is 224 g/mol. The van der Waals surface area contributed by atoms with Crippen molar-refractivity contribution in [1.82, 2.24) is 4.98 Å². The first kappa shape index (κ1) is 12.1. The molecule has 0 aromatic carbocycles. The van der Waals surface area contributed by atoms with Crippen molar-refractivity contribution in [2.24, 2.45) is 0 Å². The van der Waals surface area contributed by atoms with E-state index in [2.05, 4.69) is 4.98 Å². The Hall–Kier alpha value is -1.98. The molecule has 1 aromatic rings. The van der Waals surface area contributed by atoms with Crippen molar-refractivity contribution in [3.05, 3.63) is 17.5 Å². The van der Waals surface area contributed by atoms with E-state index in [4.69, 9.17) is 5.73 Å². The summed E-state index contributed by atoms with van der Waals surface area (Å²) in [5.41, 5.74) is 7.40. The van der Waals surface area contributed by atoms with E-state index in [0.717, 1.165) is 0 Å². The molecule has 0 radical (unpaired) electrons. The van der Waals surface area contributed by atoms with Gasteiger partial charge in [-0.25, -0.2) is 0 Å². The normalized spacial score (nSPS) is 10.2. The molecule has 0 aliphatic rings. The number of aromatic amines is 1. The van der Waals surface area contributed by atoms with E-state index in [1.54, 1.807) is 6.20 Å². The molecule has 0 aliphatic heterocycles. The van der Waals surface area contributed by atoms with Crippen LogP contribution >= 0.6 is 0 Å². The number of carboxylic acid groups (broad SMARTS) is 2. The Bertz CT molecular complexity index is 362. The summed E-state index contributed by atoms with van der Waals surface area (Å²) in [6.45, 7) is 0. The van der Waals surface area contributed by atoms with Gasteiger partial charge in [-0.05, 0) is 31.2 Å². The summed E-state index contributed by atoms with van der Waals surface area (Å²) in [6, 6.07) is 0. The minimum absolute atomic E-state index is 0.109. The zero-order valence-corrected chi connectivity index (χ0v) is 8.62. The molecule has 0 amide bonds. The van der Waals surface area contributed by atoms with Gasteiger partial charge in [0.25, 0.3) is 0 Å². The van der Waals surface area contributed by atoms with Crippen LogP contribution < -0.4 is 15.9 Å². The summed E-state index contributed by atoms with van der Waals surface area (Å²) >= 11 is 0. The number of anilines is 1. The van der Waals surface area contributed by atoms with E-state index >= 15 is 0 Å². The van der Waals surface area contributed by atoms with Crippen LogP contribution in [0, 0.1) is 0 Å². The number of carboxylic acids is 2. The molecule has 0 unspecified atom stereocenters. The lowest BCUT2D eigenvalue weighted by molar-refractivity contribution is -0.307. The number of nitrogens with one attached hydrogen (secondary N) is 1. The number of hydrogen-bond donors (Lipinski definition) is 2. The van der Waals surface area contributed by atoms with Crippen LogP contribution in [0.4, 0.5) is 5.69 Å². The predicted octanol–water partition coefficient (Wildman–Crippen LogP) is -2.04. The van der Waals surface area contributed by atoms with Gasteiger partial charge >= 0.3 is 0 Å². The summed E-state index contributed by atoms with van der Waals surface area (Å²) in [5.74, 6) is -2.29. The van der Waals surface area contributed by atoms with Gasteiger partial charge in [-0.15, -0.1) is 0 Å². The first-order valence-corrected chi connectivity index (χ1v) is 4.85. The second-order valence-corrected chi connectivity index (χ2v) is 3.45. The standard InChI is InChI=1S/C10H14N2O4/c11-10-6(1-3-8(13)14)5-12-7(10)2-4-9(15)16/h5,12H,1-4,11H2,(H,13,14)(H,15,16)/p-2. The number of nitrogen functional groups attached to an aromatic ring is 1. The van der Waals surface area contributed by atoms with Crippen LogP contribution in [0.5, 0.6) is 0 Å². The molecule has 16 heavy (non-hydrogen) atoms. The molecule has 0 aliphatic carbocycles. The predicted molar refractivity (Wildman–Crippen MR) is 51.9 cm³/mol. The zero-order valence-electron chi connectivity index (χ0n) is 8.62. The van der Waals surface area contributed by atoms with Gasteiger partial charge in [-0.1, -0.05) is 0 Å². The van der Waals surface area contributed by atoms with E-state index < -0.39 is 11.9 Å². The molecule has 6 nitrogen and oxygen atoms in total. The minimum Gasteiger partial charge on any atom is -0.550 e. The van der Waals surface area contributed by atoms with Gasteiger partial charge in [0.2, 0.25) is 0 Å². The van der Waals surface area contributed by atoms with Gasteiger partial charge in [0, 0.05) is 23.8 Å². The molecule has 1 aromatic heterocycles. The maximum absolute atomic E-state index is 10.3. The molecule has 0 bridgehead atoms. The Morgan fingerprint density at radius 1 is 1.19 bits per heavy atom. The molecule has 1 rings (SSSR count). The summed E-state index contributed by atoms with van der Waals surface area (Å²) < 4.78 is 0. The van der Waals surface area contributed by atoms with Crippen LogP contribution in [0.2, 0.25) is 0 Å². The van der Waals surface area contributed by atoms with Gasteiger partial charge in [-0.2, -0.15) is 0 Å². The Kier molecular flexibility index (Phi) is 3.93. The third kappa shape index (κ3) is 3.30. The summed E-state index contributed by atoms with van der Waals surface area (Å²) in [4.78, 5) is 23.3. The number of nitrogens with two attached hydrogens (primary N) is 1. The highest BCUT2D eigenvalue weighted by Crippen LogP contribution is 2.19. The topological polar surface area (TPSA) is 122 Å². The molecule has 1 heterocycles. The van der Waals surface area contributed by atoms with E-state index in [9.17, 15) is 19.8 Å². The Morgan fingerprint density at radius 2 is 1.75 bits per heavy atom. The van der Waals surface area contributed by atoms with E-state index in [-0.39, 0.29) is 25.7 Å². The van der Waals surface area contributed by atoms with E-state index in [0.29, 0.717) is 16.9 Å². The molecule has 0 spiro atoms. The SMILES string of the molecule is Nc1c(CCC(=O)[O-])c[nH]c1CCC(=O)[O-]. The number of carbonyl (C=O) groups excluding carboxylic acids is 2. The van der Waals surface area contributed by atoms with Crippen molar-refractivity contribution in [3.8, 4) is 0 Å². The Morgan fingerprint density at radius 3 is 2.31 bits per heavy atom. The van der Waals surface area contributed by atoms with Crippen LogP contribution in [-0.4, -0.2) is 16.9 Å². The zero-order chi connectivity index (χ0) is 12.1. The van der Waals surface area contributed by atoms with Crippen LogP contribution in [0.3, 0.4) is 0 Å². The molecule has 88 valence electrons. The summed E-state index contributed by atoms with van der Waals surface area (Å²) in [7, 11) is 0. The molecular formula is C10H12N2O4-2. The lowest BCUT2D eigenvalue weighted by Crippen LogP contribution is -2.22. The van der Waals surface area contributed by atoms with E-state index in [1.807, 2.05) is 0 Å². The van der Waals surface area contributed by atoms with Crippen molar-refractivity contribution in [3.63, 3.8) is 0 Å². The van der Waals surface area contributed by atoms with Gasteiger partial charge in [-0.3, -0.25) is 0 Å². The number of aryl methyl sites for hydroxylation is 2. The van der Waals surface area contributed by atoms with Crippen LogP contribution in [0.15, 0.2) is 6.20 Å². The Balaban J connectivity index is 2.61. The van der Waals surface area contributed by atoms with Crippen molar-refractivity contribution < 1.29 is 19.8 Å². The fraction of sp³-hybridized carbons (Fsp3) is 0.400. The molecule has 0 fully saturated rings. The third-order valence-electron chi connectivity index (χ3n) is 2.27. The van der Waals surface area contributed by atoms with Crippen LogP contribution in [0.25, 0.3) is 0 Å². The second-order valence-electron chi connectivity index (χ2n) is 3.45. The van der Waals surface area contributed by atoms with Gasteiger partial charge < -0.3 is 30.5 Å². The third-order valence-corrected chi connectivity index (χ3v) is 2.27. The molecule has 3 N–H and O–H groups in total. The van der Waals surface area contributed by atoms with Gasteiger partial charge in [0.15, 0.2) is 0 Å². The van der Waals surface area contributed by atoms with Crippen molar-refractivity contribution in [1.29, 1.82) is 0 Å². The number of H-pyrrole nitrogens is 1. The molecule has 0 saturated carbocycles. The molecule has 0 saturated heterocycles. The molecule has 6 heteroatoms. The quantitative estimate of drug-likeness (QED) is 0.576. The number of hydrogen-bond acceptors (Lipinski definition) is 5. The maximum atomic E-state index is 10.3. The second kappa shape index (κ2) is 5.20. The highest BCUT2D eigenvalue weighted by atomic mass is 16.4. The number of aromatic nitrogens is 1. The van der Waals surface area contributed by atoms with Crippen LogP contribution in [0.1, 0.15) is 24.1 Å². The first-order valence-electron chi connectivity index (χ1n) is 4.85. The van der Waals surface area contributed by atoms with Crippen molar-refractivity contribution in [2.45, 2.75) is 25.7 Å². The smallest absolute Gasteiger partial charge is 0.0557 e. The van der Waals surface area contributed by atoms with Crippen molar-refractivity contribution >= 4 is 17.6 Å². The molecule has 0 atom stereocenters. The monoisotopic (exact) mass is 224 g/mol. The fourth-order valence-corrected chi connectivity index (χ4v) is 1.40. The Labute approximate surface area is 92.1 Å². The average Bonchev–Trinajstić information content (AvgIpc) is 2.53. The van der Waals surface area contributed by atoms with Gasteiger partial charge in [0.1, 0.15) is 0 Å². The highest BCUT2D eigenvalue weighted by molar-refractivity contribution is 5.66. The maximum Gasteiger partial charge on any atom is 0.0557 e. The molecular weight excluding hydrogens is 212 g/mol. The number of carbonyl (C=O) groups is 2. The highest BCUT2D eigenvalue weighted by Gasteiger charge is 2.07. The largest absolute Gasteiger partial charge is 0.550 e. The first-order chi connectivity index (χ1) is 7.50.